The lowest BCUT2D eigenvalue weighted by Gasteiger charge is -2.24. The number of carbonyl (C=O) groups is 1. The fraction of sp³-hybridized carbons (Fsp3) is 0.269. The molecule has 0 unspecified atom stereocenters. The molecule has 0 aliphatic carbocycles. The van der Waals surface area contributed by atoms with Crippen molar-refractivity contribution in [1.29, 1.82) is 0 Å². The number of benzene rings is 3. The van der Waals surface area contributed by atoms with Crippen LogP contribution in [0.5, 0.6) is 0 Å². The molecule has 40 heavy (non-hydrogen) atoms. The van der Waals surface area contributed by atoms with Crippen molar-refractivity contribution < 1.29 is 53.4 Å². The Hall–Kier alpha value is -3.48. The molecule has 0 aromatic heterocycles. The van der Waals surface area contributed by atoms with Gasteiger partial charge in [-0.1, -0.05) is 17.7 Å². The number of hydrogen-bond acceptors (Lipinski definition) is 2. The topological polar surface area (TPSA) is 29.5 Å². The summed E-state index contributed by atoms with van der Waals surface area (Å²) in [5.74, 6) is -0.721. The first-order valence-electron chi connectivity index (χ1n) is 11.3. The van der Waals surface area contributed by atoms with Crippen LogP contribution >= 0.6 is 11.6 Å². The number of rotatable bonds is 4. The molecular formula is C26H16ClF10NO2. The van der Waals surface area contributed by atoms with Crippen LogP contribution in [0.1, 0.15) is 40.8 Å². The molecule has 1 fully saturated rings. The first-order chi connectivity index (χ1) is 18.4. The van der Waals surface area contributed by atoms with E-state index in [0.29, 0.717) is 18.2 Å². The van der Waals surface area contributed by atoms with E-state index in [4.69, 9.17) is 16.3 Å². The average Bonchev–Trinajstić information content (AvgIpc) is 3.11. The van der Waals surface area contributed by atoms with Crippen LogP contribution in [0, 0.1) is 5.82 Å². The Labute approximate surface area is 224 Å². The Bertz CT molecular complexity index is 1420. The molecule has 0 spiro atoms. The molecule has 214 valence electrons. The Morgan fingerprint density at radius 2 is 1.32 bits per heavy atom. The van der Waals surface area contributed by atoms with Crippen molar-refractivity contribution in [1.82, 2.24) is 4.90 Å². The highest BCUT2D eigenvalue weighted by atomic mass is 35.5. The van der Waals surface area contributed by atoms with E-state index >= 15 is 0 Å². The molecule has 0 bridgehead atoms. The predicted molar refractivity (Wildman–Crippen MR) is 123 cm³/mol. The average molecular weight is 600 g/mol. The van der Waals surface area contributed by atoms with Crippen LogP contribution < -0.4 is 0 Å². The lowest BCUT2D eigenvalue weighted by atomic mass is 9.95. The van der Waals surface area contributed by atoms with Gasteiger partial charge in [-0.25, -0.2) is 9.18 Å². The summed E-state index contributed by atoms with van der Waals surface area (Å²) in [5, 5.41) is -0.153. The van der Waals surface area contributed by atoms with E-state index in [-0.39, 0.29) is 27.8 Å². The molecule has 4 rings (SSSR count). The quantitative estimate of drug-likeness (QED) is 0.280. The van der Waals surface area contributed by atoms with Gasteiger partial charge in [0.1, 0.15) is 11.9 Å². The molecule has 1 heterocycles. The molecule has 14 heteroatoms. The normalized spacial score (nSPS) is 18.3. The minimum Gasteiger partial charge on any atom is -0.439 e. The summed E-state index contributed by atoms with van der Waals surface area (Å²) in [5.41, 5.74) is -4.87. The minimum atomic E-state index is -5.15. The third-order valence-corrected chi connectivity index (χ3v) is 6.64. The summed E-state index contributed by atoms with van der Waals surface area (Å²) < 4.78 is 139. The van der Waals surface area contributed by atoms with Gasteiger partial charge in [0.2, 0.25) is 0 Å². The number of carbonyl (C=O) groups excluding carboxylic acids is 1. The van der Waals surface area contributed by atoms with E-state index in [9.17, 15) is 48.7 Å². The summed E-state index contributed by atoms with van der Waals surface area (Å²) in [6.45, 7) is 0.676. The molecule has 0 N–H and O–H groups in total. The van der Waals surface area contributed by atoms with Crippen LogP contribution in [-0.4, -0.2) is 17.0 Å². The number of halogens is 11. The summed E-state index contributed by atoms with van der Waals surface area (Å²) in [4.78, 5) is 13.6. The Morgan fingerprint density at radius 3 is 1.85 bits per heavy atom. The minimum absolute atomic E-state index is 0.0793. The maximum atomic E-state index is 13.6. The van der Waals surface area contributed by atoms with E-state index in [1.54, 1.807) is 0 Å². The fourth-order valence-electron chi connectivity index (χ4n) is 4.36. The monoisotopic (exact) mass is 599 g/mol. The van der Waals surface area contributed by atoms with Gasteiger partial charge in [0, 0.05) is 5.56 Å². The molecule has 1 aliphatic rings. The molecule has 3 nitrogen and oxygen atoms in total. The first-order valence-corrected chi connectivity index (χ1v) is 11.7. The summed E-state index contributed by atoms with van der Waals surface area (Å²) >= 11 is 6.09. The Morgan fingerprint density at radius 1 is 0.775 bits per heavy atom. The van der Waals surface area contributed by atoms with Crippen molar-refractivity contribution in [3.8, 4) is 11.1 Å². The van der Waals surface area contributed by atoms with E-state index in [1.165, 1.54) is 13.0 Å². The Kier molecular flexibility index (Phi) is 7.50. The van der Waals surface area contributed by atoms with Gasteiger partial charge < -0.3 is 4.74 Å². The van der Waals surface area contributed by atoms with E-state index in [0.717, 1.165) is 29.2 Å². The third-order valence-electron chi connectivity index (χ3n) is 6.33. The van der Waals surface area contributed by atoms with Crippen LogP contribution in [0.2, 0.25) is 5.02 Å². The second kappa shape index (κ2) is 10.2. The van der Waals surface area contributed by atoms with E-state index in [1.807, 2.05) is 0 Å². The van der Waals surface area contributed by atoms with Crippen LogP contribution in [0.3, 0.4) is 0 Å². The van der Waals surface area contributed by atoms with Gasteiger partial charge in [-0.3, -0.25) is 4.90 Å². The molecule has 0 radical (unpaired) electrons. The predicted octanol–water partition coefficient (Wildman–Crippen LogP) is 9.28. The maximum absolute atomic E-state index is 13.6. The van der Waals surface area contributed by atoms with Gasteiger partial charge in [0.05, 0.1) is 34.3 Å². The van der Waals surface area contributed by atoms with Crippen LogP contribution in [0.25, 0.3) is 11.1 Å². The van der Waals surface area contributed by atoms with Crippen LogP contribution in [-0.2, 0) is 29.8 Å². The number of ether oxygens (including phenoxy) is 1. The summed E-state index contributed by atoms with van der Waals surface area (Å²) in [6, 6.07) is 5.21. The molecular weight excluding hydrogens is 584 g/mol. The van der Waals surface area contributed by atoms with Crippen molar-refractivity contribution in [2.75, 3.05) is 0 Å². The third kappa shape index (κ3) is 5.98. The highest BCUT2D eigenvalue weighted by Crippen LogP contribution is 2.42. The lowest BCUT2D eigenvalue weighted by Crippen LogP contribution is -2.32. The van der Waals surface area contributed by atoms with Gasteiger partial charge in [-0.2, -0.15) is 39.5 Å². The largest absolute Gasteiger partial charge is 0.439 e. The van der Waals surface area contributed by atoms with Crippen LogP contribution in [0.4, 0.5) is 48.7 Å². The highest BCUT2D eigenvalue weighted by molar-refractivity contribution is 6.33. The van der Waals surface area contributed by atoms with Crippen molar-refractivity contribution >= 4 is 17.7 Å². The van der Waals surface area contributed by atoms with Gasteiger partial charge in [0.15, 0.2) is 0 Å². The SMILES string of the molecule is C[C@H]1[C@@H](c2cc(C(F)(F)F)cc(C(F)(F)F)c2)OC(=O)N1Cc1cc(C(F)(F)F)ccc1-c1ccc(F)cc1Cl. The number of amides is 1. The second-order valence-corrected chi connectivity index (χ2v) is 9.41. The lowest BCUT2D eigenvalue weighted by molar-refractivity contribution is -0.143. The molecule has 3 aromatic rings. The zero-order valence-corrected chi connectivity index (χ0v) is 20.7. The molecule has 1 saturated heterocycles. The van der Waals surface area contributed by atoms with Gasteiger partial charge in [0.25, 0.3) is 0 Å². The molecule has 2 atom stereocenters. The van der Waals surface area contributed by atoms with Gasteiger partial charge in [-0.15, -0.1) is 0 Å². The van der Waals surface area contributed by atoms with Gasteiger partial charge >= 0.3 is 24.6 Å². The number of nitrogens with zero attached hydrogens (tertiary/aromatic N) is 1. The van der Waals surface area contributed by atoms with Crippen molar-refractivity contribution in [2.24, 2.45) is 0 Å². The second-order valence-electron chi connectivity index (χ2n) is 9.01. The van der Waals surface area contributed by atoms with Crippen molar-refractivity contribution in [3.05, 3.63) is 93.3 Å². The highest BCUT2D eigenvalue weighted by Gasteiger charge is 2.43. The summed E-state index contributed by atoms with van der Waals surface area (Å²) in [7, 11) is 0. The van der Waals surface area contributed by atoms with Gasteiger partial charge in [-0.05, 0) is 72.1 Å². The molecule has 1 amide bonds. The van der Waals surface area contributed by atoms with Crippen LogP contribution in [0.15, 0.2) is 54.6 Å². The van der Waals surface area contributed by atoms with Crippen molar-refractivity contribution in [2.45, 2.75) is 44.1 Å². The zero-order valence-electron chi connectivity index (χ0n) is 20.0. The van der Waals surface area contributed by atoms with E-state index < -0.39 is 71.4 Å². The number of hydrogen-bond donors (Lipinski definition) is 0. The standard InChI is InChI=1S/C26H16ClF10NO2/c1-12-22(13-6-16(25(32,33)34)9-17(7-13)26(35,36)37)40-23(39)38(12)11-14-8-15(24(29,30)31)2-4-19(14)20-5-3-18(28)10-21(20)27/h2-10,12,22H,11H2,1H3/t12-,22-/m0/s1. The molecule has 1 aliphatic heterocycles. The van der Waals surface area contributed by atoms with Crippen molar-refractivity contribution in [3.63, 3.8) is 0 Å². The smallest absolute Gasteiger partial charge is 0.416 e. The Balaban J connectivity index is 1.76. The maximum Gasteiger partial charge on any atom is 0.416 e. The zero-order chi connectivity index (χ0) is 29.8. The molecule has 3 aromatic carbocycles. The number of alkyl halides is 9. The molecule has 0 saturated carbocycles. The summed E-state index contributed by atoms with van der Waals surface area (Å²) in [6.07, 6.45) is -17.9. The van der Waals surface area contributed by atoms with E-state index in [2.05, 4.69) is 0 Å². The fourth-order valence-corrected chi connectivity index (χ4v) is 4.63. The number of cyclic esters (lactones) is 1. The first kappa shape index (κ1) is 29.5.